The third kappa shape index (κ3) is 3.75. The number of aromatic amines is 2. The molecule has 0 aliphatic heterocycles. The minimum absolute atomic E-state index is 0.0666. The summed E-state index contributed by atoms with van der Waals surface area (Å²) in [5.74, 6) is -3.42. The van der Waals surface area contributed by atoms with Gasteiger partial charge in [0.1, 0.15) is 11.3 Å². The van der Waals surface area contributed by atoms with E-state index in [1.54, 1.807) is 24.3 Å². The molecule has 0 aliphatic carbocycles. The monoisotopic (exact) mass is 398 g/mol. The highest BCUT2D eigenvalue weighted by molar-refractivity contribution is 5.92. The van der Waals surface area contributed by atoms with Crippen LogP contribution in [-0.4, -0.2) is 41.2 Å². The lowest BCUT2D eigenvalue weighted by atomic mass is 9.88. The Morgan fingerprint density at radius 2 is 1.83 bits per heavy atom. The smallest absolute Gasteiger partial charge is 0.343 e. The van der Waals surface area contributed by atoms with Crippen molar-refractivity contribution >= 4 is 22.8 Å². The van der Waals surface area contributed by atoms with E-state index in [0.29, 0.717) is 10.9 Å². The minimum Gasteiger partial charge on any atom is -0.506 e. The summed E-state index contributed by atoms with van der Waals surface area (Å²) in [6.07, 6.45) is 0.603. The van der Waals surface area contributed by atoms with E-state index in [-0.39, 0.29) is 16.7 Å². The molecule has 1 unspecified atom stereocenters. The van der Waals surface area contributed by atoms with Crippen molar-refractivity contribution in [3.63, 3.8) is 0 Å². The van der Waals surface area contributed by atoms with Crippen LogP contribution in [0.5, 0.6) is 5.75 Å². The highest BCUT2D eigenvalue weighted by atomic mass is 16.5. The van der Waals surface area contributed by atoms with Crippen LogP contribution < -0.4 is 11.1 Å². The number of para-hydroxylation sites is 1. The number of H-pyrrole nitrogens is 2. The Kier molecular flexibility index (Phi) is 5.49. The fourth-order valence-corrected chi connectivity index (χ4v) is 3.17. The Morgan fingerprint density at radius 1 is 1.10 bits per heavy atom. The molecule has 0 aliphatic rings. The molecular weight excluding hydrogens is 380 g/mol. The normalized spacial score (nSPS) is 11.8. The van der Waals surface area contributed by atoms with Crippen LogP contribution >= 0.6 is 0 Å². The average Bonchev–Trinajstić information content (AvgIpc) is 2.72. The Hall–Kier alpha value is -3.88. The number of methoxy groups -OCH3 is 2. The Labute approximate surface area is 163 Å². The van der Waals surface area contributed by atoms with Crippen LogP contribution in [0.15, 0.2) is 46.1 Å². The quantitative estimate of drug-likeness (QED) is 0.552. The second-order valence-electron chi connectivity index (χ2n) is 6.26. The number of ether oxygens (including phenoxy) is 2. The number of carbonyl (C=O) groups is 2. The molecule has 29 heavy (non-hydrogen) atoms. The predicted molar refractivity (Wildman–Crippen MR) is 103 cm³/mol. The molecule has 0 amide bonds. The van der Waals surface area contributed by atoms with E-state index in [1.165, 1.54) is 13.2 Å². The van der Waals surface area contributed by atoms with Crippen molar-refractivity contribution in [3.05, 3.63) is 73.9 Å². The molecule has 0 saturated heterocycles. The van der Waals surface area contributed by atoms with E-state index in [2.05, 4.69) is 14.7 Å². The van der Waals surface area contributed by atoms with E-state index in [0.717, 1.165) is 13.3 Å². The summed E-state index contributed by atoms with van der Waals surface area (Å²) in [6, 6.07) is 8.50. The van der Waals surface area contributed by atoms with Crippen LogP contribution in [0.2, 0.25) is 0 Å². The summed E-state index contributed by atoms with van der Waals surface area (Å²) in [7, 11) is 2.28. The van der Waals surface area contributed by atoms with E-state index in [4.69, 9.17) is 4.74 Å². The van der Waals surface area contributed by atoms with Crippen LogP contribution in [0.25, 0.3) is 10.9 Å². The van der Waals surface area contributed by atoms with Gasteiger partial charge in [-0.25, -0.2) is 4.79 Å². The molecule has 150 valence electrons. The fraction of sp³-hybridized carbons (Fsp3) is 0.200. The second-order valence-corrected chi connectivity index (χ2v) is 6.26. The molecule has 0 saturated carbocycles. The second kappa shape index (κ2) is 8.01. The van der Waals surface area contributed by atoms with Crippen LogP contribution in [0.1, 0.15) is 33.8 Å². The number of aromatic nitrogens is 2. The van der Waals surface area contributed by atoms with Crippen molar-refractivity contribution in [3.8, 4) is 5.75 Å². The molecule has 3 aromatic rings. The molecular formula is C20H18N2O7. The highest BCUT2D eigenvalue weighted by Gasteiger charge is 2.30. The maximum atomic E-state index is 12.7. The van der Waals surface area contributed by atoms with Gasteiger partial charge >= 0.3 is 11.9 Å². The van der Waals surface area contributed by atoms with Gasteiger partial charge in [-0.3, -0.25) is 14.4 Å². The molecule has 0 radical (unpaired) electrons. The highest BCUT2D eigenvalue weighted by Crippen LogP contribution is 2.33. The van der Waals surface area contributed by atoms with Crippen molar-refractivity contribution < 1.29 is 24.2 Å². The van der Waals surface area contributed by atoms with E-state index in [1.807, 2.05) is 0 Å². The van der Waals surface area contributed by atoms with Gasteiger partial charge in [-0.2, -0.15) is 0 Å². The number of esters is 2. The first-order chi connectivity index (χ1) is 13.9. The minimum atomic E-state index is -1.16. The van der Waals surface area contributed by atoms with Gasteiger partial charge in [-0.05, 0) is 17.5 Å². The first kappa shape index (κ1) is 19.9. The molecule has 1 atom stereocenters. The molecule has 3 N–H and O–H groups in total. The lowest BCUT2D eigenvalue weighted by Gasteiger charge is -2.18. The largest absolute Gasteiger partial charge is 0.506 e. The number of aromatic hydroxyl groups is 1. The lowest BCUT2D eigenvalue weighted by molar-refractivity contribution is -0.140. The SMILES string of the molecule is COC(=O)CC(c1cc2ccccc2[nH]c1=O)c1c(O)c(C(=O)OC)c[nH]c1=O. The van der Waals surface area contributed by atoms with Crippen molar-refractivity contribution in [2.24, 2.45) is 0 Å². The van der Waals surface area contributed by atoms with Gasteiger partial charge in [0, 0.05) is 23.2 Å². The number of hydrogen-bond acceptors (Lipinski definition) is 7. The summed E-state index contributed by atoms with van der Waals surface area (Å²) in [5.41, 5.74) is -1.26. The molecule has 0 bridgehead atoms. The third-order valence-electron chi connectivity index (χ3n) is 4.61. The summed E-state index contributed by atoms with van der Waals surface area (Å²) in [4.78, 5) is 54.2. The van der Waals surface area contributed by atoms with Gasteiger partial charge in [0.05, 0.1) is 26.2 Å². The number of nitrogens with one attached hydrogen (secondary N) is 2. The summed E-state index contributed by atoms with van der Waals surface area (Å²) in [5, 5.41) is 11.3. The van der Waals surface area contributed by atoms with Crippen LogP contribution in [0, 0.1) is 0 Å². The molecule has 9 nitrogen and oxygen atoms in total. The zero-order valence-electron chi connectivity index (χ0n) is 15.6. The standard InChI is InChI=1S/C20H18N2O7/c1-28-15(23)8-11(12-7-10-5-3-4-6-14(10)22-18(12)25)16-17(24)13(20(27)29-2)9-21-19(16)26/h3-7,9,11H,8H2,1-2H3,(H,22,25)(H2,21,24,26). The summed E-state index contributed by atoms with van der Waals surface area (Å²) < 4.78 is 9.29. The zero-order valence-corrected chi connectivity index (χ0v) is 15.6. The Bertz CT molecular complexity index is 1210. The first-order valence-corrected chi connectivity index (χ1v) is 8.59. The summed E-state index contributed by atoms with van der Waals surface area (Å²) in [6.45, 7) is 0. The Morgan fingerprint density at radius 3 is 2.52 bits per heavy atom. The van der Waals surface area contributed by atoms with Gasteiger partial charge in [0.25, 0.3) is 11.1 Å². The van der Waals surface area contributed by atoms with Crippen LogP contribution in [0.4, 0.5) is 0 Å². The maximum absolute atomic E-state index is 12.7. The van der Waals surface area contributed by atoms with Crippen molar-refractivity contribution in [1.29, 1.82) is 0 Å². The number of pyridine rings is 2. The van der Waals surface area contributed by atoms with Gasteiger partial charge < -0.3 is 24.5 Å². The Balaban J connectivity index is 2.29. The lowest BCUT2D eigenvalue weighted by Crippen LogP contribution is -2.26. The van der Waals surface area contributed by atoms with Crippen LogP contribution in [-0.2, 0) is 14.3 Å². The van der Waals surface area contributed by atoms with Crippen molar-refractivity contribution in [1.82, 2.24) is 9.97 Å². The van der Waals surface area contributed by atoms with Crippen molar-refractivity contribution in [2.45, 2.75) is 12.3 Å². The van der Waals surface area contributed by atoms with E-state index < -0.39 is 41.1 Å². The van der Waals surface area contributed by atoms with Gasteiger partial charge in [0.15, 0.2) is 0 Å². The van der Waals surface area contributed by atoms with Gasteiger partial charge in [-0.1, -0.05) is 18.2 Å². The van der Waals surface area contributed by atoms with E-state index >= 15 is 0 Å². The van der Waals surface area contributed by atoms with Gasteiger partial charge in [-0.15, -0.1) is 0 Å². The third-order valence-corrected chi connectivity index (χ3v) is 4.61. The fourth-order valence-electron chi connectivity index (χ4n) is 3.17. The molecule has 0 fully saturated rings. The van der Waals surface area contributed by atoms with Gasteiger partial charge in [0.2, 0.25) is 0 Å². The topological polar surface area (TPSA) is 139 Å². The van der Waals surface area contributed by atoms with Crippen LogP contribution in [0.3, 0.4) is 0 Å². The molecule has 3 rings (SSSR count). The molecule has 1 aromatic carbocycles. The number of benzene rings is 1. The number of carbonyl (C=O) groups excluding carboxylic acids is 2. The average molecular weight is 398 g/mol. The molecule has 9 heteroatoms. The molecule has 2 heterocycles. The number of rotatable bonds is 5. The molecule has 2 aromatic heterocycles. The zero-order chi connectivity index (χ0) is 21.1. The molecule has 0 spiro atoms. The maximum Gasteiger partial charge on any atom is 0.343 e. The first-order valence-electron chi connectivity index (χ1n) is 8.59. The predicted octanol–water partition coefficient (Wildman–Crippen LogP) is 1.40. The van der Waals surface area contributed by atoms with Crippen molar-refractivity contribution in [2.75, 3.05) is 14.2 Å². The van der Waals surface area contributed by atoms with E-state index in [9.17, 15) is 24.3 Å². The number of fused-ring (bicyclic) bond motifs is 1. The summed E-state index contributed by atoms with van der Waals surface area (Å²) >= 11 is 0. The number of hydrogen-bond donors (Lipinski definition) is 3.